The van der Waals surface area contributed by atoms with E-state index in [2.05, 4.69) is 16.3 Å². The summed E-state index contributed by atoms with van der Waals surface area (Å²) >= 11 is 0. The molecule has 0 aromatic heterocycles. The summed E-state index contributed by atoms with van der Waals surface area (Å²) in [7, 11) is 0. The fourth-order valence-electron chi connectivity index (χ4n) is 1.30. The zero-order valence-corrected chi connectivity index (χ0v) is 12.2. The van der Waals surface area contributed by atoms with E-state index in [1.165, 1.54) is 12.1 Å². The fourth-order valence-corrected chi connectivity index (χ4v) is 1.30. The van der Waals surface area contributed by atoms with E-state index in [9.17, 15) is 10.1 Å². The number of nitrogens with zero attached hydrogens (tertiary/aromatic N) is 2. The number of rotatable bonds is 5. The lowest BCUT2D eigenvalue weighted by atomic mass is 9.95. The zero-order valence-electron chi connectivity index (χ0n) is 12.2. The highest BCUT2D eigenvalue weighted by Gasteiger charge is 2.09. The highest BCUT2D eigenvalue weighted by atomic mass is 16.6. The molecule has 5 heteroatoms. The number of hydrazone groups is 1. The maximum Gasteiger partial charge on any atom is 0.269 e. The molecule has 0 unspecified atom stereocenters. The smallest absolute Gasteiger partial charge is 0.269 e. The molecule has 1 aromatic rings. The van der Waals surface area contributed by atoms with Crippen LogP contribution in [0.5, 0.6) is 0 Å². The normalized spacial score (nSPS) is 11.0. The van der Waals surface area contributed by atoms with Gasteiger partial charge in [-0.05, 0) is 37.6 Å². The monoisotopic (exact) mass is 273 g/mol. The van der Waals surface area contributed by atoms with Crippen LogP contribution in [-0.4, -0.2) is 11.1 Å². The first kappa shape index (κ1) is 15.7. The van der Waals surface area contributed by atoms with Crippen molar-refractivity contribution in [2.45, 2.75) is 27.7 Å². The lowest BCUT2D eigenvalue weighted by Crippen LogP contribution is -2.09. The molecule has 0 radical (unpaired) electrons. The van der Waals surface area contributed by atoms with Crippen molar-refractivity contribution in [3.05, 3.63) is 51.8 Å². The van der Waals surface area contributed by atoms with Crippen molar-refractivity contribution < 1.29 is 4.92 Å². The van der Waals surface area contributed by atoms with Crippen LogP contribution in [0.4, 0.5) is 11.4 Å². The van der Waals surface area contributed by atoms with E-state index in [0.29, 0.717) is 5.69 Å². The number of nitro benzene ring substituents is 1. The Balaban J connectivity index is 2.69. The molecule has 0 spiro atoms. The molecular formula is C15H19N3O2. The van der Waals surface area contributed by atoms with Crippen LogP contribution in [0.2, 0.25) is 0 Å². The number of benzene rings is 1. The predicted molar refractivity (Wildman–Crippen MR) is 81.9 cm³/mol. The van der Waals surface area contributed by atoms with Crippen LogP contribution in [0.25, 0.3) is 0 Å². The van der Waals surface area contributed by atoms with Crippen LogP contribution in [0, 0.1) is 15.5 Å². The number of non-ortho nitro benzene ring substituents is 1. The second kappa shape index (κ2) is 6.68. The van der Waals surface area contributed by atoms with Crippen LogP contribution in [0.15, 0.2) is 46.7 Å². The Labute approximate surface area is 118 Å². The Kier molecular flexibility index (Phi) is 5.23. The molecule has 0 aliphatic heterocycles. The summed E-state index contributed by atoms with van der Waals surface area (Å²) in [6.07, 6.45) is 3.72. The van der Waals surface area contributed by atoms with Gasteiger partial charge in [-0.3, -0.25) is 15.5 Å². The minimum absolute atomic E-state index is 0.0614. The van der Waals surface area contributed by atoms with Crippen molar-refractivity contribution >= 4 is 17.6 Å². The van der Waals surface area contributed by atoms with Gasteiger partial charge in [0, 0.05) is 23.8 Å². The number of hydrogen-bond donors (Lipinski definition) is 1. The number of hydrogen-bond acceptors (Lipinski definition) is 4. The van der Waals surface area contributed by atoms with Crippen LogP contribution < -0.4 is 5.43 Å². The minimum Gasteiger partial charge on any atom is -0.279 e. The van der Waals surface area contributed by atoms with Crippen LogP contribution in [0.3, 0.4) is 0 Å². The molecule has 1 N–H and O–H groups in total. The van der Waals surface area contributed by atoms with E-state index in [-0.39, 0.29) is 11.1 Å². The van der Waals surface area contributed by atoms with Gasteiger partial charge in [-0.15, -0.1) is 5.73 Å². The van der Waals surface area contributed by atoms with E-state index in [1.807, 2.05) is 33.8 Å². The third-order valence-corrected chi connectivity index (χ3v) is 2.40. The summed E-state index contributed by atoms with van der Waals surface area (Å²) in [6.45, 7) is 8.01. The van der Waals surface area contributed by atoms with E-state index >= 15 is 0 Å². The first-order valence-corrected chi connectivity index (χ1v) is 6.26. The van der Waals surface area contributed by atoms with E-state index in [1.54, 1.807) is 18.3 Å². The first-order chi connectivity index (χ1) is 9.30. The number of nitro groups is 1. The Bertz CT molecular complexity index is 561. The van der Waals surface area contributed by atoms with Gasteiger partial charge in [0.1, 0.15) is 0 Å². The molecule has 0 bridgehead atoms. The predicted octanol–water partition coefficient (Wildman–Crippen LogP) is 4.14. The molecule has 0 aliphatic rings. The molecule has 0 fully saturated rings. The Morgan fingerprint density at radius 1 is 1.35 bits per heavy atom. The van der Waals surface area contributed by atoms with Gasteiger partial charge < -0.3 is 0 Å². The Morgan fingerprint density at radius 3 is 2.45 bits per heavy atom. The van der Waals surface area contributed by atoms with Gasteiger partial charge in [0.05, 0.1) is 10.6 Å². The standard InChI is InChI=1S/C15H19N3O2/c1-12(2)9-10-15(3,4)11-16-17-13-5-7-14(8-6-13)18(19)20/h5-8,10-11,17H,1-4H3. The molecule has 0 saturated heterocycles. The molecule has 0 atom stereocenters. The summed E-state index contributed by atoms with van der Waals surface area (Å²) in [4.78, 5) is 10.1. The third kappa shape index (κ3) is 5.50. The molecule has 5 nitrogen and oxygen atoms in total. The SMILES string of the molecule is CC(C)=C=CC(C)(C)C=NNc1ccc([N+](=O)[O-])cc1. The Morgan fingerprint density at radius 2 is 1.95 bits per heavy atom. The van der Waals surface area contributed by atoms with E-state index < -0.39 is 4.92 Å². The fraction of sp³-hybridized carbons (Fsp3) is 0.333. The highest BCUT2D eigenvalue weighted by molar-refractivity contribution is 5.68. The van der Waals surface area contributed by atoms with Gasteiger partial charge in [0.25, 0.3) is 5.69 Å². The maximum absolute atomic E-state index is 10.5. The first-order valence-electron chi connectivity index (χ1n) is 6.26. The van der Waals surface area contributed by atoms with Crippen molar-refractivity contribution in [1.29, 1.82) is 0 Å². The van der Waals surface area contributed by atoms with Crippen LogP contribution in [0.1, 0.15) is 27.7 Å². The van der Waals surface area contributed by atoms with Crippen molar-refractivity contribution in [2.24, 2.45) is 10.5 Å². The third-order valence-electron chi connectivity index (χ3n) is 2.40. The second-order valence-corrected chi connectivity index (χ2v) is 5.28. The molecule has 106 valence electrons. The molecule has 1 aromatic carbocycles. The van der Waals surface area contributed by atoms with Gasteiger partial charge in [-0.2, -0.15) is 5.10 Å². The Hall–Kier alpha value is -2.39. The summed E-state index contributed by atoms with van der Waals surface area (Å²) in [5, 5.41) is 14.7. The van der Waals surface area contributed by atoms with Gasteiger partial charge >= 0.3 is 0 Å². The average molecular weight is 273 g/mol. The molecule has 0 aliphatic carbocycles. The van der Waals surface area contributed by atoms with Crippen molar-refractivity contribution in [1.82, 2.24) is 0 Å². The van der Waals surface area contributed by atoms with E-state index in [4.69, 9.17) is 0 Å². The molecule has 0 heterocycles. The maximum atomic E-state index is 10.5. The van der Waals surface area contributed by atoms with Gasteiger partial charge in [-0.1, -0.05) is 13.8 Å². The molecule has 0 amide bonds. The lowest BCUT2D eigenvalue weighted by molar-refractivity contribution is -0.384. The zero-order chi connectivity index (χ0) is 15.2. The van der Waals surface area contributed by atoms with Crippen molar-refractivity contribution in [3.8, 4) is 0 Å². The second-order valence-electron chi connectivity index (χ2n) is 5.28. The number of allylic oxidation sites excluding steroid dienone is 1. The van der Waals surface area contributed by atoms with Gasteiger partial charge in [0.2, 0.25) is 0 Å². The highest BCUT2D eigenvalue weighted by Crippen LogP contribution is 2.16. The summed E-state index contributed by atoms with van der Waals surface area (Å²) in [5.74, 6) is 0. The van der Waals surface area contributed by atoms with Crippen LogP contribution >= 0.6 is 0 Å². The minimum atomic E-state index is -0.430. The van der Waals surface area contributed by atoms with Crippen LogP contribution in [-0.2, 0) is 0 Å². The lowest BCUT2D eigenvalue weighted by Gasteiger charge is -2.11. The number of anilines is 1. The average Bonchev–Trinajstić information content (AvgIpc) is 2.37. The molecule has 0 saturated carbocycles. The number of nitrogens with one attached hydrogen (secondary N) is 1. The largest absolute Gasteiger partial charge is 0.279 e. The molecule has 20 heavy (non-hydrogen) atoms. The summed E-state index contributed by atoms with van der Waals surface area (Å²) in [6, 6.07) is 6.11. The van der Waals surface area contributed by atoms with Crippen molar-refractivity contribution in [2.75, 3.05) is 5.43 Å². The van der Waals surface area contributed by atoms with E-state index in [0.717, 1.165) is 5.57 Å². The topological polar surface area (TPSA) is 67.5 Å². The summed E-state index contributed by atoms with van der Waals surface area (Å²) < 4.78 is 0. The quantitative estimate of drug-likeness (QED) is 0.379. The van der Waals surface area contributed by atoms with Gasteiger partial charge in [0.15, 0.2) is 0 Å². The van der Waals surface area contributed by atoms with Crippen molar-refractivity contribution in [3.63, 3.8) is 0 Å². The van der Waals surface area contributed by atoms with Gasteiger partial charge in [-0.25, -0.2) is 0 Å². The molecule has 1 rings (SSSR count). The molecular weight excluding hydrogens is 254 g/mol. The summed E-state index contributed by atoms with van der Waals surface area (Å²) in [5.41, 5.74) is 7.65.